The first kappa shape index (κ1) is 10.2. The van der Waals surface area contributed by atoms with Crippen LogP contribution < -0.4 is 0 Å². The number of fused-ring (bicyclic) bond motifs is 2. The molecule has 3 rings (SSSR count). The molecular formula is C14H19NO. The Labute approximate surface area is 96.9 Å². The predicted octanol–water partition coefficient (Wildman–Crippen LogP) is 2.52. The van der Waals surface area contributed by atoms with E-state index in [1.165, 1.54) is 31.2 Å². The Hall–Kier alpha value is -1.02. The maximum atomic E-state index is 9.62. The third kappa shape index (κ3) is 1.44. The molecule has 2 atom stereocenters. The van der Waals surface area contributed by atoms with Crippen LogP contribution in [0.5, 0.6) is 5.75 Å². The van der Waals surface area contributed by atoms with Crippen molar-refractivity contribution in [3.63, 3.8) is 0 Å². The Morgan fingerprint density at radius 2 is 2.31 bits per heavy atom. The molecule has 2 bridgehead atoms. The number of aromatic hydroxyl groups is 1. The summed E-state index contributed by atoms with van der Waals surface area (Å²) in [5.41, 5.74) is 1.65. The van der Waals surface area contributed by atoms with Crippen LogP contribution in [0.4, 0.5) is 0 Å². The van der Waals surface area contributed by atoms with Crippen LogP contribution in [0.2, 0.25) is 0 Å². The van der Waals surface area contributed by atoms with Gasteiger partial charge in [0.1, 0.15) is 5.75 Å². The van der Waals surface area contributed by atoms with E-state index in [0.29, 0.717) is 11.2 Å². The molecule has 1 N–H and O–H groups in total. The second kappa shape index (κ2) is 3.49. The van der Waals surface area contributed by atoms with Gasteiger partial charge in [0.2, 0.25) is 0 Å². The van der Waals surface area contributed by atoms with Crippen LogP contribution in [0.15, 0.2) is 24.3 Å². The lowest BCUT2D eigenvalue weighted by atomic mass is 9.71. The van der Waals surface area contributed by atoms with E-state index in [2.05, 4.69) is 18.0 Å². The van der Waals surface area contributed by atoms with Crippen LogP contribution in [0.1, 0.15) is 31.2 Å². The Balaban J connectivity index is 1.99. The van der Waals surface area contributed by atoms with Gasteiger partial charge in [-0.05, 0) is 44.0 Å². The quantitative estimate of drug-likeness (QED) is 0.781. The van der Waals surface area contributed by atoms with Crippen molar-refractivity contribution in [2.45, 2.75) is 37.1 Å². The van der Waals surface area contributed by atoms with E-state index in [1.807, 2.05) is 12.1 Å². The van der Waals surface area contributed by atoms with Crippen LogP contribution in [-0.4, -0.2) is 29.6 Å². The summed E-state index contributed by atoms with van der Waals surface area (Å²) in [5.74, 6) is 0.406. The van der Waals surface area contributed by atoms with E-state index >= 15 is 0 Å². The molecule has 1 saturated carbocycles. The number of phenols is 1. The standard InChI is InChI=1S/C14H19NO/c1-15-10-14(7-3-5-12(15)9-14)11-4-2-6-13(16)8-11/h2,4,6,8,12,16H,3,5,7,9-10H2,1H3/t12-,14+/m0/s1. The molecule has 2 heteroatoms. The van der Waals surface area contributed by atoms with Crippen LogP contribution in [0, 0.1) is 0 Å². The van der Waals surface area contributed by atoms with E-state index in [9.17, 15) is 5.11 Å². The topological polar surface area (TPSA) is 23.5 Å². The number of rotatable bonds is 1. The van der Waals surface area contributed by atoms with Gasteiger partial charge in [0.05, 0.1) is 0 Å². The second-order valence-corrected chi connectivity index (χ2v) is 5.50. The summed E-state index contributed by atoms with van der Waals surface area (Å²) >= 11 is 0. The van der Waals surface area contributed by atoms with Gasteiger partial charge in [0.15, 0.2) is 0 Å². The molecule has 1 aromatic carbocycles. The lowest BCUT2D eigenvalue weighted by molar-refractivity contribution is 0.294. The fraction of sp³-hybridized carbons (Fsp3) is 0.571. The molecule has 0 spiro atoms. The normalized spacial score (nSPS) is 34.2. The molecule has 16 heavy (non-hydrogen) atoms. The van der Waals surface area contributed by atoms with Gasteiger partial charge in [0, 0.05) is 18.0 Å². The molecule has 1 saturated heterocycles. The Morgan fingerprint density at radius 3 is 3.12 bits per heavy atom. The molecular weight excluding hydrogens is 198 g/mol. The highest BCUT2D eigenvalue weighted by Gasteiger charge is 2.45. The molecule has 0 unspecified atom stereocenters. The fourth-order valence-electron chi connectivity index (χ4n) is 3.65. The molecule has 86 valence electrons. The first-order valence-corrected chi connectivity index (χ1v) is 6.19. The van der Waals surface area contributed by atoms with Crippen molar-refractivity contribution in [3.8, 4) is 5.75 Å². The zero-order valence-electron chi connectivity index (χ0n) is 9.82. The summed E-state index contributed by atoms with van der Waals surface area (Å²) < 4.78 is 0. The van der Waals surface area contributed by atoms with Crippen molar-refractivity contribution < 1.29 is 5.11 Å². The van der Waals surface area contributed by atoms with Gasteiger partial charge < -0.3 is 10.0 Å². The van der Waals surface area contributed by atoms with Crippen LogP contribution in [-0.2, 0) is 5.41 Å². The Kier molecular flexibility index (Phi) is 2.21. The summed E-state index contributed by atoms with van der Waals surface area (Å²) in [7, 11) is 2.24. The molecule has 2 fully saturated rings. The third-order valence-electron chi connectivity index (χ3n) is 4.45. The maximum Gasteiger partial charge on any atom is 0.115 e. The van der Waals surface area contributed by atoms with Crippen LogP contribution >= 0.6 is 0 Å². The summed E-state index contributed by atoms with van der Waals surface area (Å²) in [6.45, 7) is 1.15. The van der Waals surface area contributed by atoms with Gasteiger partial charge >= 0.3 is 0 Å². The molecule has 0 amide bonds. The number of likely N-dealkylation sites (tertiary alicyclic amines) is 1. The highest BCUT2D eigenvalue weighted by atomic mass is 16.3. The number of hydrogen-bond acceptors (Lipinski definition) is 2. The number of phenolic OH excluding ortho intramolecular Hbond substituents is 1. The average molecular weight is 217 g/mol. The number of benzene rings is 1. The fourth-order valence-corrected chi connectivity index (χ4v) is 3.65. The van der Waals surface area contributed by atoms with E-state index in [1.54, 1.807) is 6.07 Å². The van der Waals surface area contributed by atoms with E-state index in [4.69, 9.17) is 0 Å². The van der Waals surface area contributed by atoms with Crippen molar-refractivity contribution in [1.29, 1.82) is 0 Å². The van der Waals surface area contributed by atoms with Gasteiger partial charge in [-0.2, -0.15) is 0 Å². The number of nitrogens with zero attached hydrogens (tertiary/aromatic N) is 1. The van der Waals surface area contributed by atoms with E-state index < -0.39 is 0 Å². The molecule has 1 aliphatic heterocycles. The highest BCUT2D eigenvalue weighted by molar-refractivity contribution is 5.35. The third-order valence-corrected chi connectivity index (χ3v) is 4.45. The maximum absolute atomic E-state index is 9.62. The van der Waals surface area contributed by atoms with E-state index in [0.717, 1.165) is 12.6 Å². The zero-order valence-corrected chi connectivity index (χ0v) is 9.82. The lowest BCUT2D eigenvalue weighted by Gasteiger charge is -2.32. The summed E-state index contributed by atoms with van der Waals surface area (Å²) in [6, 6.07) is 8.64. The van der Waals surface area contributed by atoms with Crippen molar-refractivity contribution >= 4 is 0 Å². The molecule has 1 aliphatic carbocycles. The van der Waals surface area contributed by atoms with Gasteiger partial charge in [0.25, 0.3) is 0 Å². The van der Waals surface area contributed by atoms with Crippen molar-refractivity contribution in [2.24, 2.45) is 0 Å². The summed E-state index contributed by atoms with van der Waals surface area (Å²) in [4.78, 5) is 2.50. The molecule has 2 nitrogen and oxygen atoms in total. The second-order valence-electron chi connectivity index (χ2n) is 5.50. The number of hydrogen-bond donors (Lipinski definition) is 1. The minimum Gasteiger partial charge on any atom is -0.508 e. The lowest BCUT2D eigenvalue weighted by Crippen LogP contribution is -2.29. The van der Waals surface area contributed by atoms with Crippen LogP contribution in [0.25, 0.3) is 0 Å². The predicted molar refractivity (Wildman–Crippen MR) is 64.7 cm³/mol. The summed E-state index contributed by atoms with van der Waals surface area (Å²) in [6.07, 6.45) is 5.21. The Morgan fingerprint density at radius 1 is 1.44 bits per heavy atom. The smallest absolute Gasteiger partial charge is 0.115 e. The van der Waals surface area contributed by atoms with Crippen molar-refractivity contribution in [3.05, 3.63) is 29.8 Å². The minimum atomic E-state index is 0.316. The van der Waals surface area contributed by atoms with Gasteiger partial charge in [-0.3, -0.25) is 0 Å². The molecule has 0 radical (unpaired) electrons. The molecule has 1 heterocycles. The Bertz CT molecular complexity index is 399. The van der Waals surface area contributed by atoms with Crippen LogP contribution in [0.3, 0.4) is 0 Å². The van der Waals surface area contributed by atoms with Crippen molar-refractivity contribution in [1.82, 2.24) is 4.90 Å². The number of likely N-dealkylation sites (N-methyl/N-ethyl adjacent to an activating group) is 1. The largest absolute Gasteiger partial charge is 0.508 e. The minimum absolute atomic E-state index is 0.316. The average Bonchev–Trinajstić information content (AvgIpc) is 2.51. The SMILES string of the molecule is CN1C[C@@]2(c3cccc(O)c3)CCC[C@H]1C2. The molecule has 1 aromatic rings. The molecule has 0 aromatic heterocycles. The highest BCUT2D eigenvalue weighted by Crippen LogP contribution is 2.47. The zero-order chi connectivity index (χ0) is 11.2. The van der Waals surface area contributed by atoms with Gasteiger partial charge in [-0.1, -0.05) is 18.6 Å². The first-order chi connectivity index (χ1) is 7.70. The molecule has 2 aliphatic rings. The van der Waals surface area contributed by atoms with E-state index in [-0.39, 0.29) is 0 Å². The van der Waals surface area contributed by atoms with Gasteiger partial charge in [-0.15, -0.1) is 0 Å². The summed E-state index contributed by atoms with van der Waals surface area (Å²) in [5, 5.41) is 9.62. The van der Waals surface area contributed by atoms with Gasteiger partial charge in [-0.25, -0.2) is 0 Å². The first-order valence-electron chi connectivity index (χ1n) is 6.19. The van der Waals surface area contributed by atoms with Crippen molar-refractivity contribution in [2.75, 3.05) is 13.6 Å². The monoisotopic (exact) mass is 217 g/mol.